The van der Waals surface area contributed by atoms with Gasteiger partial charge in [0, 0.05) is 5.56 Å². The number of ketones is 1. The molecular formula is C15H10F3NO4. The number of hydrogen-bond acceptors (Lipinski definition) is 4. The van der Waals surface area contributed by atoms with Gasteiger partial charge in [0.25, 0.3) is 5.78 Å². The Balaban J connectivity index is 2.59. The third-order valence-corrected chi connectivity index (χ3v) is 2.99. The quantitative estimate of drug-likeness (QED) is 0.365. The molecule has 0 bridgehead atoms. The topological polar surface area (TPSA) is 69.4 Å². The number of hydrogen-bond donors (Lipinski definition) is 0. The number of benzene rings is 2. The van der Waals surface area contributed by atoms with Crippen molar-refractivity contribution in [3.63, 3.8) is 0 Å². The third-order valence-electron chi connectivity index (χ3n) is 2.99. The molecule has 8 heteroatoms. The minimum atomic E-state index is -5.56. The van der Waals surface area contributed by atoms with E-state index in [1.165, 1.54) is 36.4 Å². The van der Waals surface area contributed by atoms with Crippen molar-refractivity contribution >= 4 is 5.78 Å². The summed E-state index contributed by atoms with van der Waals surface area (Å²) in [5.41, 5.74) is -4.69. The summed E-state index contributed by atoms with van der Waals surface area (Å²) in [6.45, 7) is 0. The van der Waals surface area contributed by atoms with E-state index in [-0.39, 0.29) is 0 Å². The van der Waals surface area contributed by atoms with Crippen molar-refractivity contribution < 1.29 is 27.6 Å². The van der Waals surface area contributed by atoms with E-state index in [0.29, 0.717) is 0 Å². The largest absolute Gasteiger partial charge is 0.523 e. The Hall–Kier alpha value is -2.90. The van der Waals surface area contributed by atoms with Crippen LogP contribution in [-0.4, -0.2) is 22.6 Å². The van der Waals surface area contributed by atoms with E-state index >= 15 is 0 Å². The van der Waals surface area contributed by atoms with Crippen LogP contribution in [0.25, 0.3) is 0 Å². The van der Waals surface area contributed by atoms with Gasteiger partial charge in [-0.25, -0.2) is 0 Å². The van der Waals surface area contributed by atoms with Gasteiger partial charge in [0.15, 0.2) is 0 Å². The maximum atomic E-state index is 13.5. The van der Waals surface area contributed by atoms with Gasteiger partial charge in [-0.3, -0.25) is 14.9 Å². The maximum Gasteiger partial charge on any atom is 0.523 e. The van der Waals surface area contributed by atoms with Crippen molar-refractivity contribution in [3.05, 3.63) is 76.3 Å². The van der Waals surface area contributed by atoms with Gasteiger partial charge in [-0.05, 0) is 12.1 Å². The lowest BCUT2D eigenvalue weighted by molar-refractivity contribution is -0.635. The molecule has 0 saturated carbocycles. The molecule has 1 unspecified atom stereocenters. The number of rotatable bonds is 5. The number of para-hydroxylation sites is 1. The molecule has 0 aliphatic carbocycles. The van der Waals surface area contributed by atoms with Crippen molar-refractivity contribution in [2.75, 3.05) is 0 Å². The summed E-state index contributed by atoms with van der Waals surface area (Å²) in [5, 5.41) is 11.2. The first-order valence-corrected chi connectivity index (χ1v) is 6.34. The molecule has 1 atom stereocenters. The Bertz CT molecular complexity index is 704. The number of nitro groups is 1. The number of alkyl halides is 3. The van der Waals surface area contributed by atoms with Crippen LogP contribution in [0.4, 0.5) is 13.2 Å². The third kappa shape index (κ3) is 3.01. The van der Waals surface area contributed by atoms with Gasteiger partial charge in [-0.1, -0.05) is 48.5 Å². The minimum absolute atomic E-state index is 0.439. The normalized spacial score (nSPS) is 13.9. The number of halogens is 3. The Morgan fingerprint density at radius 1 is 0.957 bits per heavy atom. The lowest BCUT2D eigenvalue weighted by Crippen LogP contribution is -2.62. The summed E-state index contributed by atoms with van der Waals surface area (Å²) in [5.74, 6) is -2.23. The molecule has 0 aromatic heterocycles. The highest BCUT2D eigenvalue weighted by atomic mass is 19.4. The standard InChI is InChI=1S/C15H10F3NO4/c16-15(17,18)14(19(21)22,23-12-9-5-2-6-10-12)13(20)11-7-3-1-4-8-11/h1-10H. The van der Waals surface area contributed by atoms with Gasteiger partial charge in [-0.2, -0.15) is 13.2 Å². The Labute approximate surface area is 128 Å². The smallest absolute Gasteiger partial charge is 0.415 e. The van der Waals surface area contributed by atoms with Crippen LogP contribution in [0, 0.1) is 10.1 Å². The molecule has 0 saturated heterocycles. The first kappa shape index (κ1) is 16.5. The molecule has 0 spiro atoms. The molecule has 0 N–H and O–H groups in total. The van der Waals surface area contributed by atoms with E-state index in [4.69, 9.17) is 0 Å². The zero-order valence-corrected chi connectivity index (χ0v) is 11.5. The van der Waals surface area contributed by atoms with Gasteiger partial charge in [0.1, 0.15) is 5.75 Å². The second-order valence-corrected chi connectivity index (χ2v) is 4.51. The minimum Gasteiger partial charge on any atom is -0.415 e. The average Bonchev–Trinajstić information content (AvgIpc) is 2.52. The Morgan fingerprint density at radius 3 is 1.87 bits per heavy atom. The highest BCUT2D eigenvalue weighted by Gasteiger charge is 2.75. The summed E-state index contributed by atoms with van der Waals surface area (Å²) >= 11 is 0. The maximum absolute atomic E-state index is 13.5. The lowest BCUT2D eigenvalue weighted by Gasteiger charge is -2.26. The van der Waals surface area contributed by atoms with E-state index in [1.54, 1.807) is 0 Å². The van der Waals surface area contributed by atoms with Gasteiger partial charge in [0.2, 0.25) is 0 Å². The predicted molar refractivity (Wildman–Crippen MR) is 73.6 cm³/mol. The van der Waals surface area contributed by atoms with E-state index in [9.17, 15) is 28.1 Å². The fourth-order valence-electron chi connectivity index (χ4n) is 1.90. The molecule has 2 aromatic rings. The van der Waals surface area contributed by atoms with Crippen LogP contribution in [0.3, 0.4) is 0 Å². The molecule has 0 radical (unpaired) electrons. The fraction of sp³-hybridized carbons (Fsp3) is 0.133. The number of carbonyl (C=O) groups excluding carboxylic acids is 1. The fourth-order valence-corrected chi connectivity index (χ4v) is 1.90. The van der Waals surface area contributed by atoms with E-state index in [1.807, 2.05) is 0 Å². The van der Waals surface area contributed by atoms with Crippen molar-refractivity contribution in [2.24, 2.45) is 0 Å². The number of nitrogens with zero attached hydrogens (tertiary/aromatic N) is 1. The molecule has 120 valence electrons. The molecule has 2 rings (SSSR count). The summed E-state index contributed by atoms with van der Waals surface area (Å²) < 4.78 is 45.0. The van der Waals surface area contributed by atoms with Crippen LogP contribution in [0.1, 0.15) is 10.4 Å². The SMILES string of the molecule is O=C(c1ccccc1)C(Oc1ccccc1)([N+](=O)[O-])C(F)(F)F. The van der Waals surface area contributed by atoms with Gasteiger partial charge < -0.3 is 4.74 Å². The molecular weight excluding hydrogens is 315 g/mol. The molecule has 5 nitrogen and oxygen atoms in total. The first-order chi connectivity index (χ1) is 10.8. The molecule has 0 fully saturated rings. The Kier molecular flexibility index (Phi) is 4.35. The van der Waals surface area contributed by atoms with Gasteiger partial charge in [0.05, 0.1) is 4.92 Å². The molecule has 0 aliphatic heterocycles. The lowest BCUT2D eigenvalue weighted by atomic mass is 10.0. The van der Waals surface area contributed by atoms with Crippen LogP contribution in [-0.2, 0) is 0 Å². The highest BCUT2D eigenvalue weighted by Crippen LogP contribution is 2.38. The van der Waals surface area contributed by atoms with Crippen LogP contribution >= 0.6 is 0 Å². The first-order valence-electron chi connectivity index (χ1n) is 6.34. The summed E-state index contributed by atoms with van der Waals surface area (Å²) in [7, 11) is 0. The van der Waals surface area contributed by atoms with Crippen molar-refractivity contribution in [3.8, 4) is 5.75 Å². The van der Waals surface area contributed by atoms with Gasteiger partial charge in [-0.15, -0.1) is 0 Å². The van der Waals surface area contributed by atoms with E-state index < -0.39 is 33.9 Å². The molecule has 2 aromatic carbocycles. The second kappa shape index (κ2) is 6.07. The van der Waals surface area contributed by atoms with Crippen LogP contribution in [0.5, 0.6) is 5.75 Å². The predicted octanol–water partition coefficient (Wildman–Crippen LogP) is 3.48. The van der Waals surface area contributed by atoms with Crippen LogP contribution < -0.4 is 4.74 Å². The van der Waals surface area contributed by atoms with Gasteiger partial charge >= 0.3 is 11.9 Å². The van der Waals surface area contributed by atoms with E-state index in [2.05, 4.69) is 4.74 Å². The highest BCUT2D eigenvalue weighted by molar-refractivity contribution is 6.02. The number of carbonyl (C=O) groups is 1. The number of Topliss-reactive ketones (excluding diaryl/α,β-unsaturated/α-hetero) is 1. The monoisotopic (exact) mass is 325 g/mol. The van der Waals surface area contributed by atoms with E-state index in [0.717, 1.165) is 24.3 Å². The average molecular weight is 325 g/mol. The zero-order chi connectivity index (χ0) is 17.1. The second-order valence-electron chi connectivity index (χ2n) is 4.51. The van der Waals surface area contributed by atoms with Crippen LogP contribution in [0.15, 0.2) is 60.7 Å². The summed E-state index contributed by atoms with van der Waals surface area (Å²) in [6.07, 6.45) is -5.56. The summed E-state index contributed by atoms with van der Waals surface area (Å²) in [6, 6.07) is 12.6. The molecule has 0 aliphatic rings. The zero-order valence-electron chi connectivity index (χ0n) is 11.5. The molecule has 0 heterocycles. The van der Waals surface area contributed by atoms with Crippen molar-refractivity contribution in [1.82, 2.24) is 0 Å². The van der Waals surface area contributed by atoms with Crippen LogP contribution in [0.2, 0.25) is 0 Å². The summed E-state index contributed by atoms with van der Waals surface area (Å²) in [4.78, 5) is 21.7. The Morgan fingerprint density at radius 2 is 1.43 bits per heavy atom. The molecule has 0 amide bonds. The van der Waals surface area contributed by atoms with Crippen molar-refractivity contribution in [1.29, 1.82) is 0 Å². The molecule has 23 heavy (non-hydrogen) atoms. The number of ether oxygens (including phenoxy) is 1. The van der Waals surface area contributed by atoms with Crippen molar-refractivity contribution in [2.45, 2.75) is 11.9 Å².